The Morgan fingerprint density at radius 1 is 1.64 bits per heavy atom. The lowest BCUT2D eigenvalue weighted by Gasteiger charge is -2.15. The van der Waals surface area contributed by atoms with Crippen LogP contribution in [0.1, 0.15) is 32.6 Å². The van der Waals surface area contributed by atoms with E-state index in [9.17, 15) is 13.9 Å². The van der Waals surface area contributed by atoms with Crippen LogP contribution in [0.15, 0.2) is 0 Å². The van der Waals surface area contributed by atoms with Crippen molar-refractivity contribution in [2.24, 2.45) is 5.92 Å². The van der Waals surface area contributed by atoms with Gasteiger partial charge in [-0.15, -0.1) is 0 Å². The van der Waals surface area contributed by atoms with Crippen molar-refractivity contribution in [2.45, 2.75) is 44.6 Å². The molecule has 0 saturated heterocycles. The van der Waals surface area contributed by atoms with Crippen molar-refractivity contribution in [3.63, 3.8) is 0 Å². The average molecular weight is 164 g/mol. The van der Waals surface area contributed by atoms with Crippen LogP contribution in [0, 0.1) is 5.92 Å². The molecule has 11 heavy (non-hydrogen) atoms. The van der Waals surface area contributed by atoms with Gasteiger partial charge in [0.05, 0.1) is 6.10 Å². The quantitative estimate of drug-likeness (QED) is 0.663. The molecule has 0 bridgehead atoms. The minimum atomic E-state index is -2.51. The van der Waals surface area contributed by atoms with Crippen LogP contribution in [-0.4, -0.2) is 17.1 Å². The van der Waals surface area contributed by atoms with Gasteiger partial charge in [-0.25, -0.2) is 8.78 Å². The first-order valence-corrected chi connectivity index (χ1v) is 4.11. The molecular weight excluding hydrogens is 150 g/mol. The summed E-state index contributed by atoms with van der Waals surface area (Å²) < 4.78 is 25.2. The molecule has 0 amide bonds. The smallest absolute Gasteiger partial charge is 0.248 e. The Hall–Kier alpha value is -0.180. The van der Waals surface area contributed by atoms with Crippen molar-refractivity contribution in [1.82, 2.24) is 0 Å². The predicted molar refractivity (Wildman–Crippen MR) is 38.6 cm³/mol. The monoisotopic (exact) mass is 164 g/mol. The van der Waals surface area contributed by atoms with Gasteiger partial charge in [-0.1, -0.05) is 6.92 Å². The summed E-state index contributed by atoms with van der Waals surface area (Å²) in [5, 5.41) is 9.26. The third-order valence-corrected chi connectivity index (χ3v) is 2.40. The van der Waals surface area contributed by atoms with Crippen LogP contribution in [0.25, 0.3) is 0 Å². The molecular formula is C8H14F2O. The maximum atomic E-state index is 12.6. The van der Waals surface area contributed by atoms with Gasteiger partial charge >= 0.3 is 0 Å². The molecule has 0 spiro atoms. The van der Waals surface area contributed by atoms with Gasteiger partial charge in [-0.3, -0.25) is 0 Å². The van der Waals surface area contributed by atoms with Crippen LogP contribution in [-0.2, 0) is 0 Å². The minimum Gasteiger partial charge on any atom is -0.393 e. The van der Waals surface area contributed by atoms with E-state index in [-0.39, 0.29) is 18.8 Å². The second-order valence-electron chi connectivity index (χ2n) is 3.33. The molecule has 3 heteroatoms. The van der Waals surface area contributed by atoms with Gasteiger partial charge in [0.2, 0.25) is 5.92 Å². The average Bonchev–Trinajstić information content (AvgIpc) is 2.29. The van der Waals surface area contributed by atoms with Crippen LogP contribution in [0.2, 0.25) is 0 Å². The zero-order valence-corrected chi connectivity index (χ0v) is 6.69. The molecule has 0 aromatic heterocycles. The topological polar surface area (TPSA) is 20.2 Å². The number of aliphatic hydroxyl groups is 1. The van der Waals surface area contributed by atoms with Crippen molar-refractivity contribution in [3.8, 4) is 0 Å². The number of alkyl halides is 2. The highest BCUT2D eigenvalue weighted by molar-refractivity contribution is 4.84. The zero-order chi connectivity index (χ0) is 8.48. The van der Waals surface area contributed by atoms with Crippen molar-refractivity contribution in [2.75, 3.05) is 0 Å². The fraction of sp³-hybridized carbons (Fsp3) is 1.00. The fourth-order valence-electron chi connectivity index (χ4n) is 1.65. The molecule has 0 aliphatic heterocycles. The Labute approximate surface area is 65.4 Å². The fourth-order valence-corrected chi connectivity index (χ4v) is 1.65. The van der Waals surface area contributed by atoms with Crippen molar-refractivity contribution >= 4 is 0 Å². The van der Waals surface area contributed by atoms with E-state index in [1.165, 1.54) is 0 Å². The maximum absolute atomic E-state index is 12.6. The Balaban J connectivity index is 2.41. The predicted octanol–water partition coefficient (Wildman–Crippen LogP) is 2.19. The molecule has 0 radical (unpaired) electrons. The zero-order valence-electron chi connectivity index (χ0n) is 6.69. The normalized spacial score (nSPS) is 32.2. The Bertz CT molecular complexity index is 136. The van der Waals surface area contributed by atoms with Gasteiger partial charge in [0.25, 0.3) is 0 Å². The molecule has 2 atom stereocenters. The summed E-state index contributed by atoms with van der Waals surface area (Å²) in [6.45, 7) is 1.82. The second kappa shape index (κ2) is 3.05. The van der Waals surface area contributed by atoms with Crippen molar-refractivity contribution in [1.29, 1.82) is 0 Å². The van der Waals surface area contributed by atoms with E-state index >= 15 is 0 Å². The SMILES string of the molecule is CC[C@H](O)C1CCC(F)(F)C1. The Morgan fingerprint density at radius 2 is 2.27 bits per heavy atom. The first-order valence-electron chi connectivity index (χ1n) is 4.11. The summed E-state index contributed by atoms with van der Waals surface area (Å²) >= 11 is 0. The number of rotatable bonds is 2. The molecule has 1 rings (SSSR count). The summed E-state index contributed by atoms with van der Waals surface area (Å²) in [7, 11) is 0. The van der Waals surface area contributed by atoms with Crippen LogP contribution in [0.5, 0.6) is 0 Å². The molecule has 1 nitrogen and oxygen atoms in total. The molecule has 0 aromatic rings. The van der Waals surface area contributed by atoms with E-state index < -0.39 is 12.0 Å². The van der Waals surface area contributed by atoms with Crippen molar-refractivity contribution in [3.05, 3.63) is 0 Å². The largest absolute Gasteiger partial charge is 0.393 e. The molecule has 66 valence electrons. The summed E-state index contributed by atoms with van der Waals surface area (Å²) in [4.78, 5) is 0. The molecule has 1 unspecified atom stereocenters. The number of hydrogen-bond donors (Lipinski definition) is 1. The third-order valence-electron chi connectivity index (χ3n) is 2.40. The molecule has 0 heterocycles. The van der Waals surface area contributed by atoms with Crippen LogP contribution in [0.3, 0.4) is 0 Å². The van der Waals surface area contributed by atoms with E-state index in [1.807, 2.05) is 6.92 Å². The Morgan fingerprint density at radius 3 is 2.64 bits per heavy atom. The Kier molecular flexibility index (Phi) is 2.47. The van der Waals surface area contributed by atoms with Gasteiger partial charge < -0.3 is 5.11 Å². The highest BCUT2D eigenvalue weighted by Crippen LogP contribution is 2.40. The number of hydrogen-bond acceptors (Lipinski definition) is 1. The molecule has 1 aliphatic rings. The summed E-state index contributed by atoms with van der Waals surface area (Å²) in [6, 6.07) is 0. The highest BCUT2D eigenvalue weighted by atomic mass is 19.3. The summed E-state index contributed by atoms with van der Waals surface area (Å²) in [6.07, 6.45) is 0.364. The minimum absolute atomic E-state index is 0.0469. The van der Waals surface area contributed by atoms with Crippen LogP contribution >= 0.6 is 0 Å². The maximum Gasteiger partial charge on any atom is 0.248 e. The van der Waals surface area contributed by atoms with E-state index in [0.717, 1.165) is 0 Å². The second-order valence-corrected chi connectivity index (χ2v) is 3.33. The lowest BCUT2D eigenvalue weighted by molar-refractivity contribution is -0.00515. The van der Waals surface area contributed by atoms with Crippen molar-refractivity contribution < 1.29 is 13.9 Å². The lowest BCUT2D eigenvalue weighted by atomic mass is 9.99. The summed E-state index contributed by atoms with van der Waals surface area (Å²) in [5.74, 6) is -2.68. The first-order chi connectivity index (χ1) is 5.05. The number of aliphatic hydroxyl groups excluding tert-OH is 1. The van der Waals surface area contributed by atoms with Gasteiger partial charge in [-0.2, -0.15) is 0 Å². The van der Waals surface area contributed by atoms with E-state index in [2.05, 4.69) is 0 Å². The first kappa shape index (κ1) is 8.91. The van der Waals surface area contributed by atoms with Crippen LogP contribution in [0.4, 0.5) is 8.78 Å². The highest BCUT2D eigenvalue weighted by Gasteiger charge is 2.41. The van der Waals surface area contributed by atoms with Crippen LogP contribution < -0.4 is 0 Å². The van der Waals surface area contributed by atoms with Gasteiger partial charge in [0.15, 0.2) is 0 Å². The molecule has 1 aliphatic carbocycles. The van der Waals surface area contributed by atoms with E-state index in [4.69, 9.17) is 0 Å². The van der Waals surface area contributed by atoms with E-state index in [0.29, 0.717) is 12.8 Å². The standard InChI is InChI=1S/C8H14F2O/c1-2-7(11)6-3-4-8(9,10)5-6/h6-7,11H,2-5H2,1H3/t6?,7-/m0/s1. The molecule has 1 N–H and O–H groups in total. The number of halogens is 2. The van der Waals surface area contributed by atoms with Gasteiger partial charge in [-0.05, 0) is 18.8 Å². The third kappa shape index (κ3) is 2.12. The molecule has 1 fully saturated rings. The summed E-state index contributed by atoms with van der Waals surface area (Å²) in [5.41, 5.74) is 0. The molecule has 1 saturated carbocycles. The van der Waals surface area contributed by atoms with Gasteiger partial charge in [0.1, 0.15) is 0 Å². The molecule has 0 aromatic carbocycles. The van der Waals surface area contributed by atoms with E-state index in [1.54, 1.807) is 0 Å². The lowest BCUT2D eigenvalue weighted by Crippen LogP contribution is -2.19. The van der Waals surface area contributed by atoms with Gasteiger partial charge in [0, 0.05) is 12.8 Å².